The highest BCUT2D eigenvalue weighted by Crippen LogP contribution is 2.44. The summed E-state index contributed by atoms with van der Waals surface area (Å²) in [5.74, 6) is 0.0871. The van der Waals surface area contributed by atoms with E-state index in [1.807, 2.05) is 12.1 Å². The Hall–Kier alpha value is -3.33. The Bertz CT molecular complexity index is 1060. The van der Waals surface area contributed by atoms with Gasteiger partial charge in [0.2, 0.25) is 0 Å². The van der Waals surface area contributed by atoms with Gasteiger partial charge < -0.3 is 10.1 Å². The first-order valence-corrected chi connectivity index (χ1v) is 11.3. The van der Waals surface area contributed by atoms with Crippen LogP contribution in [0, 0.1) is 0 Å². The molecule has 3 aromatic carbocycles. The Labute approximate surface area is 191 Å². The highest BCUT2D eigenvalue weighted by atomic mass is 16.5. The zero-order chi connectivity index (χ0) is 22.6. The smallest absolute Gasteiger partial charge is 0.407 e. The van der Waals surface area contributed by atoms with Crippen molar-refractivity contribution in [3.63, 3.8) is 0 Å². The van der Waals surface area contributed by atoms with E-state index < -0.39 is 0 Å². The molecule has 3 aromatic rings. The first-order valence-electron chi connectivity index (χ1n) is 11.3. The molecule has 0 bridgehead atoms. The van der Waals surface area contributed by atoms with Crippen LogP contribution >= 0.6 is 0 Å². The second-order valence-corrected chi connectivity index (χ2v) is 9.32. The summed E-state index contributed by atoms with van der Waals surface area (Å²) in [6.07, 6.45) is 4.56. The minimum absolute atomic E-state index is 0.0871. The Morgan fingerprint density at radius 1 is 0.906 bits per heavy atom. The Balaban J connectivity index is 1.24. The van der Waals surface area contributed by atoms with Crippen LogP contribution in [-0.4, -0.2) is 19.2 Å². The lowest BCUT2D eigenvalue weighted by molar-refractivity contribution is 0.143. The summed E-state index contributed by atoms with van der Waals surface area (Å²) < 4.78 is 5.58. The van der Waals surface area contributed by atoms with Gasteiger partial charge >= 0.3 is 6.09 Å². The minimum Gasteiger partial charge on any atom is -0.449 e. The lowest BCUT2D eigenvalue weighted by Gasteiger charge is -2.18. The van der Waals surface area contributed by atoms with E-state index in [1.54, 1.807) is 0 Å². The number of benzene rings is 3. The van der Waals surface area contributed by atoms with Crippen LogP contribution in [0.2, 0.25) is 0 Å². The summed E-state index contributed by atoms with van der Waals surface area (Å²) in [4.78, 5) is 12.2. The molecule has 0 aliphatic heterocycles. The third kappa shape index (κ3) is 4.94. The number of alkyl carbamates (subject to hydrolysis) is 1. The zero-order valence-corrected chi connectivity index (χ0v) is 19.1. The molecule has 1 aliphatic carbocycles. The fraction of sp³-hybridized carbons (Fsp3) is 0.276. The lowest BCUT2D eigenvalue weighted by atomic mass is 9.87. The third-order valence-electron chi connectivity index (χ3n) is 6.01. The second-order valence-electron chi connectivity index (χ2n) is 9.32. The van der Waals surface area contributed by atoms with Crippen molar-refractivity contribution in [1.82, 2.24) is 5.32 Å². The van der Waals surface area contributed by atoms with Crippen LogP contribution in [0.15, 0.2) is 78.9 Å². The van der Waals surface area contributed by atoms with E-state index in [0.717, 1.165) is 6.42 Å². The number of amides is 1. The number of fused-ring (bicyclic) bond motifs is 3. The monoisotopic (exact) mass is 425 g/mol. The molecule has 164 valence electrons. The molecule has 0 unspecified atom stereocenters. The van der Waals surface area contributed by atoms with E-state index in [1.165, 1.54) is 33.4 Å². The maximum Gasteiger partial charge on any atom is 0.407 e. The maximum atomic E-state index is 12.2. The van der Waals surface area contributed by atoms with Crippen LogP contribution in [0.25, 0.3) is 17.2 Å². The van der Waals surface area contributed by atoms with Gasteiger partial charge in [0, 0.05) is 12.5 Å². The molecule has 4 rings (SSSR count). The van der Waals surface area contributed by atoms with Crippen molar-refractivity contribution in [2.24, 2.45) is 0 Å². The van der Waals surface area contributed by atoms with Crippen molar-refractivity contribution in [2.45, 2.75) is 38.5 Å². The van der Waals surface area contributed by atoms with E-state index in [0.29, 0.717) is 13.2 Å². The lowest BCUT2D eigenvalue weighted by Crippen LogP contribution is -2.26. The molecule has 0 aromatic heterocycles. The number of hydrogen-bond donors (Lipinski definition) is 1. The zero-order valence-electron chi connectivity index (χ0n) is 19.1. The van der Waals surface area contributed by atoms with Gasteiger partial charge in [0.15, 0.2) is 0 Å². The molecule has 0 atom stereocenters. The predicted molar refractivity (Wildman–Crippen MR) is 132 cm³/mol. The predicted octanol–water partition coefficient (Wildman–Crippen LogP) is 6.93. The molecule has 0 fully saturated rings. The molecule has 0 saturated carbocycles. The molecule has 3 heteroatoms. The van der Waals surface area contributed by atoms with Crippen molar-refractivity contribution < 1.29 is 9.53 Å². The van der Waals surface area contributed by atoms with Gasteiger partial charge in [-0.25, -0.2) is 4.79 Å². The number of carbonyl (C=O) groups excluding carboxylic acids is 1. The number of hydrogen-bond acceptors (Lipinski definition) is 2. The average Bonchev–Trinajstić information content (AvgIpc) is 3.11. The van der Waals surface area contributed by atoms with Crippen molar-refractivity contribution >= 4 is 12.2 Å². The number of carbonyl (C=O) groups is 1. The molecule has 1 N–H and O–H groups in total. The van der Waals surface area contributed by atoms with Gasteiger partial charge in [0.1, 0.15) is 6.61 Å². The molecule has 3 nitrogen and oxygen atoms in total. The SMILES string of the molecule is CC(C)(C)c1ccc(C=CCCNC(=O)OCC2c3ccccc3-c3ccccc32)cc1. The molecule has 0 heterocycles. The molecular formula is C29H31NO2. The van der Waals surface area contributed by atoms with Gasteiger partial charge in [-0.2, -0.15) is 0 Å². The van der Waals surface area contributed by atoms with Gasteiger partial charge in [-0.1, -0.05) is 106 Å². The Morgan fingerprint density at radius 2 is 1.50 bits per heavy atom. The fourth-order valence-electron chi connectivity index (χ4n) is 4.22. The van der Waals surface area contributed by atoms with Crippen molar-refractivity contribution in [2.75, 3.05) is 13.2 Å². The summed E-state index contributed by atoms with van der Waals surface area (Å²) in [7, 11) is 0. The first-order chi connectivity index (χ1) is 15.4. The van der Waals surface area contributed by atoms with E-state index in [-0.39, 0.29) is 17.4 Å². The summed E-state index contributed by atoms with van der Waals surface area (Å²) in [6.45, 7) is 7.54. The minimum atomic E-state index is -0.366. The molecule has 32 heavy (non-hydrogen) atoms. The van der Waals surface area contributed by atoms with E-state index >= 15 is 0 Å². The first kappa shape index (κ1) is 21.9. The number of ether oxygens (including phenoxy) is 1. The van der Waals surface area contributed by atoms with Gasteiger partial charge in [-0.15, -0.1) is 0 Å². The van der Waals surface area contributed by atoms with E-state index in [9.17, 15) is 4.79 Å². The molecule has 0 saturated heterocycles. The van der Waals surface area contributed by atoms with Crippen LogP contribution in [0.3, 0.4) is 0 Å². The van der Waals surface area contributed by atoms with Crippen LogP contribution in [-0.2, 0) is 10.2 Å². The molecule has 1 amide bonds. The van der Waals surface area contributed by atoms with Crippen molar-refractivity contribution in [3.05, 3.63) is 101 Å². The number of rotatable bonds is 6. The summed E-state index contributed by atoms with van der Waals surface area (Å²) in [5.41, 5.74) is 7.57. The normalized spacial score (nSPS) is 13.1. The number of nitrogens with one attached hydrogen (secondary N) is 1. The van der Waals surface area contributed by atoms with Crippen molar-refractivity contribution in [1.29, 1.82) is 0 Å². The fourth-order valence-corrected chi connectivity index (χ4v) is 4.22. The standard InChI is InChI=1S/C29H31NO2/c1-29(2,3)22-17-15-21(16-18-22)10-8-9-19-30-28(31)32-20-27-25-13-6-4-11-23(25)24-12-5-7-14-26(24)27/h4-8,10-18,27H,9,19-20H2,1-3H3,(H,30,31). The molecular weight excluding hydrogens is 394 g/mol. The van der Waals surface area contributed by atoms with Gasteiger partial charge in [-0.3, -0.25) is 0 Å². The van der Waals surface area contributed by atoms with Crippen LogP contribution < -0.4 is 5.32 Å². The summed E-state index contributed by atoms with van der Waals surface area (Å²) >= 11 is 0. The van der Waals surface area contributed by atoms with Crippen molar-refractivity contribution in [3.8, 4) is 11.1 Å². The van der Waals surface area contributed by atoms with Crippen LogP contribution in [0.5, 0.6) is 0 Å². The second kappa shape index (κ2) is 9.44. The topological polar surface area (TPSA) is 38.3 Å². The molecule has 1 aliphatic rings. The molecule has 0 spiro atoms. The van der Waals surface area contributed by atoms with Gasteiger partial charge in [0.25, 0.3) is 0 Å². The molecule has 0 radical (unpaired) electrons. The third-order valence-corrected chi connectivity index (χ3v) is 6.01. The Morgan fingerprint density at radius 3 is 2.09 bits per heavy atom. The maximum absolute atomic E-state index is 12.2. The highest BCUT2D eigenvalue weighted by Gasteiger charge is 2.28. The Kier molecular flexibility index (Phi) is 6.45. The summed E-state index contributed by atoms with van der Waals surface area (Å²) in [5, 5.41) is 2.86. The van der Waals surface area contributed by atoms with E-state index in [2.05, 4.69) is 98.9 Å². The quantitative estimate of drug-likeness (QED) is 0.435. The highest BCUT2D eigenvalue weighted by molar-refractivity contribution is 5.79. The van der Waals surface area contributed by atoms with E-state index in [4.69, 9.17) is 4.74 Å². The van der Waals surface area contributed by atoms with Gasteiger partial charge in [-0.05, 0) is 45.2 Å². The largest absolute Gasteiger partial charge is 0.449 e. The van der Waals surface area contributed by atoms with Crippen LogP contribution in [0.1, 0.15) is 55.4 Å². The van der Waals surface area contributed by atoms with Gasteiger partial charge in [0.05, 0.1) is 0 Å². The van der Waals surface area contributed by atoms with Crippen LogP contribution in [0.4, 0.5) is 4.79 Å². The average molecular weight is 426 g/mol. The summed E-state index contributed by atoms with van der Waals surface area (Å²) in [6, 6.07) is 25.3.